The van der Waals surface area contributed by atoms with Gasteiger partial charge >= 0.3 is 5.97 Å². The fourth-order valence-electron chi connectivity index (χ4n) is 3.45. The van der Waals surface area contributed by atoms with Gasteiger partial charge in [0.15, 0.2) is 0 Å². The standard InChI is InChI=1S/C19H22N2O2/c1-14-9-10-16(18(22)23)17(20-14)21-12-6-11-19(2,13-21)15-7-4-3-5-8-15/h3-5,7-10H,6,11-13H2,1-2H3,(H,22,23). The number of nitrogens with zero attached hydrogens (tertiary/aromatic N) is 2. The molecule has 1 fully saturated rings. The molecule has 0 spiro atoms. The highest BCUT2D eigenvalue weighted by atomic mass is 16.4. The second-order valence-electron chi connectivity index (χ2n) is 6.58. The van der Waals surface area contributed by atoms with Gasteiger partial charge < -0.3 is 10.0 Å². The van der Waals surface area contributed by atoms with Crippen LogP contribution in [0, 0.1) is 6.92 Å². The largest absolute Gasteiger partial charge is 0.478 e. The van der Waals surface area contributed by atoms with Crippen LogP contribution in [0.25, 0.3) is 0 Å². The summed E-state index contributed by atoms with van der Waals surface area (Å²) in [7, 11) is 0. The lowest BCUT2D eigenvalue weighted by Crippen LogP contribution is -2.45. The minimum absolute atomic E-state index is 0.0146. The Hall–Kier alpha value is -2.36. The van der Waals surface area contributed by atoms with Crippen LogP contribution >= 0.6 is 0 Å². The Bertz CT molecular complexity index is 715. The molecule has 0 saturated carbocycles. The van der Waals surface area contributed by atoms with Crippen molar-refractivity contribution in [2.75, 3.05) is 18.0 Å². The zero-order valence-electron chi connectivity index (χ0n) is 13.6. The molecule has 1 N–H and O–H groups in total. The van der Waals surface area contributed by atoms with Crippen LogP contribution in [0.2, 0.25) is 0 Å². The molecule has 1 unspecified atom stereocenters. The molecule has 3 rings (SSSR count). The maximum absolute atomic E-state index is 11.5. The number of aromatic nitrogens is 1. The lowest BCUT2D eigenvalue weighted by molar-refractivity contribution is 0.0697. The summed E-state index contributed by atoms with van der Waals surface area (Å²) in [5.41, 5.74) is 2.44. The number of anilines is 1. The van der Waals surface area contributed by atoms with Crippen molar-refractivity contribution in [1.29, 1.82) is 0 Å². The lowest BCUT2D eigenvalue weighted by Gasteiger charge is -2.42. The van der Waals surface area contributed by atoms with E-state index in [9.17, 15) is 9.90 Å². The number of hydrogen-bond acceptors (Lipinski definition) is 3. The molecule has 4 nitrogen and oxygen atoms in total. The third-order valence-corrected chi connectivity index (χ3v) is 4.71. The highest BCUT2D eigenvalue weighted by molar-refractivity contribution is 5.93. The van der Waals surface area contributed by atoms with Gasteiger partial charge in [-0.1, -0.05) is 37.3 Å². The van der Waals surface area contributed by atoms with Gasteiger partial charge in [0.05, 0.1) is 0 Å². The molecule has 1 aromatic heterocycles. The first-order valence-corrected chi connectivity index (χ1v) is 8.01. The molecule has 4 heteroatoms. The molecule has 1 aromatic carbocycles. The smallest absolute Gasteiger partial charge is 0.339 e. The Morgan fingerprint density at radius 2 is 1.96 bits per heavy atom. The molecule has 120 valence electrons. The molecule has 23 heavy (non-hydrogen) atoms. The number of hydrogen-bond donors (Lipinski definition) is 1. The highest BCUT2D eigenvalue weighted by Gasteiger charge is 2.34. The molecule has 0 bridgehead atoms. The second kappa shape index (κ2) is 6.03. The SMILES string of the molecule is Cc1ccc(C(=O)O)c(N2CCCC(C)(c3ccccc3)C2)n1. The van der Waals surface area contributed by atoms with Crippen LogP contribution in [0.3, 0.4) is 0 Å². The Kier molecular flexibility index (Phi) is 4.07. The van der Waals surface area contributed by atoms with Crippen LogP contribution in [0.1, 0.15) is 41.4 Å². The molecule has 0 aliphatic carbocycles. The van der Waals surface area contributed by atoms with E-state index in [1.54, 1.807) is 12.1 Å². The Labute approximate surface area is 136 Å². The zero-order valence-corrected chi connectivity index (χ0v) is 13.6. The van der Waals surface area contributed by atoms with E-state index < -0.39 is 5.97 Å². The number of carboxylic acid groups (broad SMARTS) is 1. The minimum Gasteiger partial charge on any atom is -0.478 e. The zero-order chi connectivity index (χ0) is 16.4. The van der Waals surface area contributed by atoms with Crippen LogP contribution in [0.15, 0.2) is 42.5 Å². The van der Waals surface area contributed by atoms with Crippen LogP contribution in [0.4, 0.5) is 5.82 Å². The molecule has 2 heterocycles. The first kappa shape index (κ1) is 15.5. The lowest BCUT2D eigenvalue weighted by atomic mass is 9.76. The summed E-state index contributed by atoms with van der Waals surface area (Å²) in [4.78, 5) is 18.2. The third-order valence-electron chi connectivity index (χ3n) is 4.71. The fourth-order valence-corrected chi connectivity index (χ4v) is 3.45. The van der Waals surface area contributed by atoms with Crippen molar-refractivity contribution in [3.63, 3.8) is 0 Å². The van der Waals surface area contributed by atoms with Crippen molar-refractivity contribution in [2.24, 2.45) is 0 Å². The molecule has 1 aliphatic heterocycles. The van der Waals surface area contributed by atoms with E-state index >= 15 is 0 Å². The predicted octanol–water partition coefficient (Wildman–Crippen LogP) is 3.65. The number of aromatic carboxylic acids is 1. The van der Waals surface area contributed by atoms with E-state index in [4.69, 9.17) is 0 Å². The molecule has 2 aromatic rings. The van der Waals surface area contributed by atoms with Gasteiger partial charge in [-0.3, -0.25) is 0 Å². The Morgan fingerprint density at radius 1 is 1.22 bits per heavy atom. The summed E-state index contributed by atoms with van der Waals surface area (Å²) in [6, 6.07) is 13.9. The van der Waals surface area contributed by atoms with Gasteiger partial charge in [0, 0.05) is 24.2 Å². The number of carboxylic acids is 1. The summed E-state index contributed by atoms with van der Waals surface area (Å²) in [5, 5.41) is 9.47. The maximum atomic E-state index is 11.5. The molecule has 0 amide bonds. The van der Waals surface area contributed by atoms with E-state index in [2.05, 4.69) is 41.1 Å². The van der Waals surface area contributed by atoms with Crippen LogP contribution in [0.5, 0.6) is 0 Å². The molecule has 1 atom stereocenters. The van der Waals surface area contributed by atoms with Gasteiger partial charge in [0.1, 0.15) is 11.4 Å². The van der Waals surface area contributed by atoms with Gasteiger partial charge in [-0.2, -0.15) is 0 Å². The van der Waals surface area contributed by atoms with E-state index in [0.29, 0.717) is 5.82 Å². The molecule has 0 radical (unpaired) electrons. The van der Waals surface area contributed by atoms with Crippen molar-refractivity contribution in [3.8, 4) is 0 Å². The van der Waals surface area contributed by atoms with Gasteiger partial charge in [-0.25, -0.2) is 9.78 Å². The Balaban J connectivity index is 1.96. The van der Waals surface area contributed by atoms with E-state index in [1.165, 1.54) is 5.56 Å². The highest BCUT2D eigenvalue weighted by Crippen LogP contribution is 2.36. The maximum Gasteiger partial charge on any atom is 0.339 e. The first-order valence-electron chi connectivity index (χ1n) is 8.01. The number of pyridine rings is 1. The number of carbonyl (C=O) groups is 1. The second-order valence-corrected chi connectivity index (χ2v) is 6.58. The van der Waals surface area contributed by atoms with Gasteiger partial charge in [0.2, 0.25) is 0 Å². The summed E-state index contributed by atoms with van der Waals surface area (Å²) in [5.74, 6) is -0.321. The minimum atomic E-state index is -0.917. The summed E-state index contributed by atoms with van der Waals surface area (Å²) >= 11 is 0. The van der Waals surface area contributed by atoms with Crippen molar-refractivity contribution in [1.82, 2.24) is 4.98 Å². The van der Waals surface area contributed by atoms with Gasteiger partial charge in [-0.15, -0.1) is 0 Å². The topological polar surface area (TPSA) is 53.4 Å². The number of piperidine rings is 1. The third kappa shape index (κ3) is 3.07. The van der Waals surface area contributed by atoms with Crippen LogP contribution < -0.4 is 4.90 Å². The van der Waals surface area contributed by atoms with E-state index in [0.717, 1.165) is 31.6 Å². The average molecular weight is 310 g/mol. The van der Waals surface area contributed by atoms with Gasteiger partial charge in [0.25, 0.3) is 0 Å². The summed E-state index contributed by atoms with van der Waals surface area (Å²) in [6.45, 7) is 5.78. The van der Waals surface area contributed by atoms with Crippen molar-refractivity contribution in [3.05, 3.63) is 59.3 Å². The van der Waals surface area contributed by atoms with Crippen molar-refractivity contribution < 1.29 is 9.90 Å². The van der Waals surface area contributed by atoms with Crippen molar-refractivity contribution >= 4 is 11.8 Å². The number of aryl methyl sites for hydroxylation is 1. The molecule has 1 saturated heterocycles. The van der Waals surface area contributed by atoms with E-state index in [-0.39, 0.29) is 11.0 Å². The molecular weight excluding hydrogens is 288 g/mol. The van der Waals surface area contributed by atoms with Crippen LogP contribution in [-0.4, -0.2) is 29.1 Å². The van der Waals surface area contributed by atoms with Gasteiger partial charge in [-0.05, 0) is 37.5 Å². The Morgan fingerprint density at radius 3 is 2.65 bits per heavy atom. The number of rotatable bonds is 3. The van der Waals surface area contributed by atoms with Crippen molar-refractivity contribution in [2.45, 2.75) is 32.1 Å². The predicted molar refractivity (Wildman–Crippen MR) is 91.2 cm³/mol. The summed E-state index contributed by atoms with van der Waals surface area (Å²) in [6.07, 6.45) is 2.13. The van der Waals surface area contributed by atoms with E-state index in [1.807, 2.05) is 13.0 Å². The summed E-state index contributed by atoms with van der Waals surface area (Å²) < 4.78 is 0. The number of benzene rings is 1. The average Bonchev–Trinajstić information content (AvgIpc) is 2.55. The van der Waals surface area contributed by atoms with Crippen LogP contribution in [-0.2, 0) is 5.41 Å². The fraction of sp³-hybridized carbons (Fsp3) is 0.368. The molecule has 1 aliphatic rings. The monoisotopic (exact) mass is 310 g/mol. The first-order chi connectivity index (χ1) is 11.0. The molecular formula is C19H22N2O2. The normalized spacial score (nSPS) is 21.2. The quantitative estimate of drug-likeness (QED) is 0.940.